The van der Waals surface area contributed by atoms with Gasteiger partial charge in [-0.05, 0) is 49.2 Å². The number of rotatable bonds is 6. The summed E-state index contributed by atoms with van der Waals surface area (Å²) in [5.74, 6) is 0.696. The van der Waals surface area contributed by atoms with Gasteiger partial charge < -0.3 is 15.0 Å². The molecule has 1 aliphatic rings. The Balaban J connectivity index is 1.46. The average molecular weight is 338 g/mol. The first-order valence-electron chi connectivity index (χ1n) is 8.59. The monoisotopic (exact) mass is 338 g/mol. The number of nitrogens with one attached hydrogen (secondary N) is 1. The number of amides is 2. The lowest BCUT2D eigenvalue weighted by atomic mass is 10.2. The molecule has 0 aromatic heterocycles. The van der Waals surface area contributed by atoms with Gasteiger partial charge in [0, 0.05) is 24.3 Å². The van der Waals surface area contributed by atoms with E-state index < -0.39 is 0 Å². The molecule has 1 aliphatic heterocycles. The zero-order chi connectivity index (χ0) is 17.5. The van der Waals surface area contributed by atoms with E-state index in [0.717, 1.165) is 31.7 Å². The third-order valence-corrected chi connectivity index (χ3v) is 4.15. The number of carbonyl (C=O) groups excluding carboxylic acids is 2. The Hall–Kier alpha value is -2.82. The minimum absolute atomic E-state index is 0.0617. The van der Waals surface area contributed by atoms with Crippen molar-refractivity contribution in [3.63, 3.8) is 0 Å². The van der Waals surface area contributed by atoms with Crippen molar-refractivity contribution in [2.45, 2.75) is 19.3 Å². The maximum atomic E-state index is 12.3. The van der Waals surface area contributed by atoms with E-state index in [0.29, 0.717) is 17.9 Å². The van der Waals surface area contributed by atoms with E-state index >= 15 is 0 Å². The van der Waals surface area contributed by atoms with Gasteiger partial charge in [0.2, 0.25) is 5.91 Å². The molecular weight excluding hydrogens is 316 g/mol. The van der Waals surface area contributed by atoms with E-state index in [9.17, 15) is 9.59 Å². The molecule has 5 nitrogen and oxygen atoms in total. The van der Waals surface area contributed by atoms with Crippen LogP contribution in [-0.4, -0.2) is 36.4 Å². The van der Waals surface area contributed by atoms with Crippen LogP contribution in [0, 0.1) is 0 Å². The number of hydrogen-bond donors (Lipinski definition) is 1. The van der Waals surface area contributed by atoms with E-state index in [2.05, 4.69) is 5.32 Å². The van der Waals surface area contributed by atoms with Gasteiger partial charge in [-0.25, -0.2) is 0 Å². The van der Waals surface area contributed by atoms with Crippen LogP contribution in [0.4, 0.5) is 5.69 Å². The summed E-state index contributed by atoms with van der Waals surface area (Å²) >= 11 is 0. The van der Waals surface area contributed by atoms with Crippen molar-refractivity contribution in [1.29, 1.82) is 0 Å². The molecule has 0 radical (unpaired) electrons. The number of benzene rings is 2. The predicted octanol–water partition coefficient (Wildman–Crippen LogP) is 3.33. The molecular formula is C20H22N2O3. The Morgan fingerprint density at radius 2 is 1.64 bits per heavy atom. The van der Waals surface area contributed by atoms with Gasteiger partial charge in [-0.15, -0.1) is 0 Å². The maximum Gasteiger partial charge on any atom is 0.253 e. The summed E-state index contributed by atoms with van der Waals surface area (Å²) < 4.78 is 5.51. The van der Waals surface area contributed by atoms with Crippen molar-refractivity contribution in [3.8, 4) is 5.75 Å². The standard InChI is InChI=1S/C20H22N2O3/c23-19(12-15-25-18-6-2-1-3-7-18)21-17-10-8-16(9-11-17)20(24)22-13-4-5-14-22/h1-3,6-11H,4-5,12-15H2,(H,21,23). The van der Waals surface area contributed by atoms with Gasteiger partial charge in [0.15, 0.2) is 0 Å². The van der Waals surface area contributed by atoms with Gasteiger partial charge in [-0.3, -0.25) is 9.59 Å². The van der Waals surface area contributed by atoms with Crippen molar-refractivity contribution >= 4 is 17.5 Å². The molecule has 0 spiro atoms. The Labute approximate surface area is 147 Å². The number of anilines is 1. The van der Waals surface area contributed by atoms with E-state index in [1.807, 2.05) is 35.2 Å². The zero-order valence-corrected chi connectivity index (χ0v) is 14.1. The van der Waals surface area contributed by atoms with Crippen molar-refractivity contribution < 1.29 is 14.3 Å². The van der Waals surface area contributed by atoms with Crippen LogP contribution in [0.25, 0.3) is 0 Å². The second-order valence-electron chi connectivity index (χ2n) is 6.04. The highest BCUT2D eigenvalue weighted by atomic mass is 16.5. The molecule has 1 saturated heterocycles. The number of para-hydroxylation sites is 1. The topological polar surface area (TPSA) is 58.6 Å². The first-order chi connectivity index (χ1) is 12.2. The molecule has 5 heteroatoms. The molecule has 1 fully saturated rings. The quantitative estimate of drug-likeness (QED) is 0.879. The van der Waals surface area contributed by atoms with Gasteiger partial charge in [-0.1, -0.05) is 18.2 Å². The number of hydrogen-bond acceptors (Lipinski definition) is 3. The summed E-state index contributed by atoms with van der Waals surface area (Å²) in [7, 11) is 0. The lowest BCUT2D eigenvalue weighted by Crippen LogP contribution is -2.27. The molecule has 0 bridgehead atoms. The summed E-state index contributed by atoms with van der Waals surface area (Å²) in [6.07, 6.45) is 2.42. The van der Waals surface area contributed by atoms with Crippen LogP contribution in [0.5, 0.6) is 5.75 Å². The number of likely N-dealkylation sites (tertiary alicyclic amines) is 1. The van der Waals surface area contributed by atoms with Gasteiger partial charge >= 0.3 is 0 Å². The largest absolute Gasteiger partial charge is 0.493 e. The van der Waals surface area contributed by atoms with Gasteiger partial charge in [0.05, 0.1) is 13.0 Å². The molecule has 0 saturated carbocycles. The molecule has 1 N–H and O–H groups in total. The fraction of sp³-hybridized carbons (Fsp3) is 0.300. The van der Waals surface area contributed by atoms with Gasteiger partial charge in [-0.2, -0.15) is 0 Å². The van der Waals surface area contributed by atoms with Gasteiger partial charge in [0.25, 0.3) is 5.91 Å². The van der Waals surface area contributed by atoms with E-state index in [4.69, 9.17) is 4.74 Å². The Bertz CT molecular complexity index is 707. The predicted molar refractivity (Wildman–Crippen MR) is 96.8 cm³/mol. The molecule has 130 valence electrons. The van der Waals surface area contributed by atoms with E-state index in [-0.39, 0.29) is 18.2 Å². The zero-order valence-electron chi connectivity index (χ0n) is 14.1. The molecule has 2 aromatic rings. The molecule has 0 unspecified atom stereocenters. The average Bonchev–Trinajstić information content (AvgIpc) is 3.17. The molecule has 2 aromatic carbocycles. The van der Waals surface area contributed by atoms with Crippen molar-refractivity contribution in [1.82, 2.24) is 4.90 Å². The summed E-state index contributed by atoms with van der Waals surface area (Å²) in [6, 6.07) is 16.5. The van der Waals surface area contributed by atoms with Crippen LogP contribution >= 0.6 is 0 Å². The van der Waals surface area contributed by atoms with E-state index in [1.54, 1.807) is 24.3 Å². The lowest BCUT2D eigenvalue weighted by molar-refractivity contribution is -0.116. The molecule has 0 aliphatic carbocycles. The van der Waals surface area contributed by atoms with Crippen LogP contribution in [0.15, 0.2) is 54.6 Å². The molecule has 1 heterocycles. The molecule has 0 atom stereocenters. The summed E-state index contributed by atoms with van der Waals surface area (Å²) in [6.45, 7) is 1.98. The Morgan fingerprint density at radius 3 is 2.32 bits per heavy atom. The van der Waals surface area contributed by atoms with Crippen LogP contribution in [0.3, 0.4) is 0 Å². The van der Waals surface area contributed by atoms with Crippen LogP contribution in [-0.2, 0) is 4.79 Å². The first-order valence-corrected chi connectivity index (χ1v) is 8.59. The van der Waals surface area contributed by atoms with Crippen molar-refractivity contribution in [2.24, 2.45) is 0 Å². The Morgan fingerprint density at radius 1 is 0.960 bits per heavy atom. The fourth-order valence-electron chi connectivity index (χ4n) is 2.80. The number of ether oxygens (including phenoxy) is 1. The van der Waals surface area contributed by atoms with E-state index in [1.165, 1.54) is 0 Å². The summed E-state index contributed by atoms with van der Waals surface area (Å²) in [5, 5.41) is 2.82. The fourth-order valence-corrected chi connectivity index (χ4v) is 2.80. The molecule has 25 heavy (non-hydrogen) atoms. The number of nitrogens with zero attached hydrogens (tertiary/aromatic N) is 1. The summed E-state index contributed by atoms with van der Waals surface area (Å²) in [5.41, 5.74) is 1.34. The number of carbonyl (C=O) groups is 2. The smallest absolute Gasteiger partial charge is 0.253 e. The minimum Gasteiger partial charge on any atom is -0.493 e. The highest BCUT2D eigenvalue weighted by molar-refractivity contribution is 5.96. The SMILES string of the molecule is O=C(CCOc1ccccc1)Nc1ccc(C(=O)N2CCCC2)cc1. The van der Waals surface area contributed by atoms with Crippen LogP contribution in [0.2, 0.25) is 0 Å². The van der Waals surface area contributed by atoms with Crippen molar-refractivity contribution in [3.05, 3.63) is 60.2 Å². The second kappa shape index (κ2) is 8.33. The third-order valence-electron chi connectivity index (χ3n) is 4.15. The second-order valence-corrected chi connectivity index (χ2v) is 6.04. The highest BCUT2D eigenvalue weighted by Gasteiger charge is 2.19. The summed E-state index contributed by atoms with van der Waals surface area (Å²) in [4.78, 5) is 26.1. The third kappa shape index (κ3) is 4.83. The van der Waals surface area contributed by atoms with Crippen LogP contribution < -0.4 is 10.1 Å². The molecule has 3 rings (SSSR count). The molecule has 2 amide bonds. The Kier molecular flexibility index (Phi) is 5.67. The van der Waals surface area contributed by atoms with Crippen molar-refractivity contribution in [2.75, 3.05) is 25.0 Å². The van der Waals surface area contributed by atoms with Crippen LogP contribution in [0.1, 0.15) is 29.6 Å². The maximum absolute atomic E-state index is 12.3. The first kappa shape index (κ1) is 17.0. The lowest BCUT2D eigenvalue weighted by Gasteiger charge is -2.15. The minimum atomic E-state index is -0.116. The normalized spacial score (nSPS) is 13.5. The highest BCUT2D eigenvalue weighted by Crippen LogP contribution is 2.15. The van der Waals surface area contributed by atoms with Gasteiger partial charge in [0.1, 0.15) is 5.75 Å².